The van der Waals surface area contributed by atoms with Gasteiger partial charge in [0.05, 0.1) is 30.0 Å². The van der Waals surface area contributed by atoms with Gasteiger partial charge in [-0.15, -0.1) is 0 Å². The van der Waals surface area contributed by atoms with Gasteiger partial charge in [0, 0.05) is 46.9 Å². The summed E-state index contributed by atoms with van der Waals surface area (Å²) >= 11 is 0. The molecule has 6 nitrogen and oxygen atoms in total. The Morgan fingerprint density at radius 3 is 2.17 bits per heavy atom. The Morgan fingerprint density at radius 2 is 1.40 bits per heavy atom. The van der Waals surface area contributed by atoms with Crippen LogP contribution in [0, 0.1) is 11.8 Å². The third-order valence-corrected chi connectivity index (χ3v) is 8.51. The molecule has 3 aromatic heterocycles. The number of rotatable bonds is 10. The fourth-order valence-electron chi connectivity index (χ4n) is 6.57. The van der Waals surface area contributed by atoms with E-state index in [4.69, 9.17) is 14.6 Å². The number of ether oxygens (including phenoxy) is 2. The van der Waals surface area contributed by atoms with Crippen molar-refractivity contribution < 1.29 is 9.47 Å². The van der Waals surface area contributed by atoms with Crippen molar-refractivity contribution in [1.82, 2.24) is 19.3 Å². The van der Waals surface area contributed by atoms with E-state index in [0.717, 1.165) is 69.0 Å². The molecule has 3 heterocycles. The lowest BCUT2D eigenvalue weighted by Crippen LogP contribution is -2.03. The minimum absolute atomic E-state index is 0.569. The zero-order valence-electron chi connectivity index (χ0n) is 27.6. The largest absolute Gasteiger partial charge is 0.497 e. The molecule has 0 spiro atoms. The maximum absolute atomic E-state index is 6.50. The molecular weight excluding hydrogens is 580 g/mol. The van der Waals surface area contributed by atoms with Crippen molar-refractivity contribution in [3.05, 3.63) is 127 Å². The predicted octanol–water partition coefficient (Wildman–Crippen LogP) is 10.2. The van der Waals surface area contributed by atoms with Crippen LogP contribution in [0.25, 0.3) is 44.4 Å². The first-order valence-electron chi connectivity index (χ1n) is 16.4. The van der Waals surface area contributed by atoms with Crippen LogP contribution in [0.3, 0.4) is 0 Å². The molecule has 0 aliphatic heterocycles. The van der Waals surface area contributed by atoms with Crippen molar-refractivity contribution in [3.8, 4) is 39.9 Å². The van der Waals surface area contributed by atoms with Crippen LogP contribution in [0.15, 0.2) is 116 Å². The summed E-state index contributed by atoms with van der Waals surface area (Å²) in [6.45, 7) is 9.11. The topological polar surface area (TPSA) is 54.1 Å². The summed E-state index contributed by atoms with van der Waals surface area (Å²) in [5.74, 6) is 4.16. The van der Waals surface area contributed by atoms with E-state index in [1.165, 1.54) is 16.7 Å². The Morgan fingerprint density at radius 1 is 0.681 bits per heavy atom. The van der Waals surface area contributed by atoms with E-state index in [0.29, 0.717) is 11.8 Å². The molecule has 0 saturated carbocycles. The summed E-state index contributed by atoms with van der Waals surface area (Å²) in [6.07, 6.45) is 7.98. The summed E-state index contributed by atoms with van der Waals surface area (Å²) in [4.78, 5) is 4.68. The van der Waals surface area contributed by atoms with Gasteiger partial charge in [-0.3, -0.25) is 4.57 Å². The van der Waals surface area contributed by atoms with Crippen molar-refractivity contribution in [2.75, 3.05) is 7.11 Å². The van der Waals surface area contributed by atoms with Gasteiger partial charge < -0.3 is 9.47 Å². The lowest BCUT2D eigenvalue weighted by atomic mass is 9.88. The molecule has 6 heteroatoms. The first-order chi connectivity index (χ1) is 22.9. The smallest absolute Gasteiger partial charge is 0.141 e. The van der Waals surface area contributed by atoms with Crippen LogP contribution in [-0.4, -0.2) is 26.4 Å². The number of pyridine rings is 1. The average molecular weight is 621 g/mol. The number of methoxy groups -OCH3 is 1. The number of benzene rings is 4. The quantitative estimate of drug-likeness (QED) is 0.153. The molecule has 0 fully saturated rings. The number of hydrogen-bond acceptors (Lipinski definition) is 4. The molecule has 0 unspecified atom stereocenters. The fraction of sp³-hybridized carbons (Fsp3) is 0.220. The van der Waals surface area contributed by atoms with Crippen LogP contribution in [0.5, 0.6) is 17.2 Å². The first kappa shape index (κ1) is 30.3. The van der Waals surface area contributed by atoms with Gasteiger partial charge in [-0.2, -0.15) is 5.10 Å². The first-order valence-corrected chi connectivity index (χ1v) is 16.4. The summed E-state index contributed by atoms with van der Waals surface area (Å²) in [5, 5.41) is 7.10. The molecule has 0 radical (unpaired) electrons. The Kier molecular flexibility index (Phi) is 8.25. The molecule has 4 aromatic carbocycles. The van der Waals surface area contributed by atoms with Crippen molar-refractivity contribution in [3.63, 3.8) is 0 Å². The molecule has 0 amide bonds. The summed E-state index contributed by atoms with van der Waals surface area (Å²) < 4.78 is 16.1. The van der Waals surface area contributed by atoms with Gasteiger partial charge in [0.1, 0.15) is 23.1 Å². The molecule has 0 aliphatic rings. The zero-order valence-corrected chi connectivity index (χ0v) is 27.6. The Bertz CT molecular complexity index is 2160. The van der Waals surface area contributed by atoms with Gasteiger partial charge in [0.25, 0.3) is 0 Å². The zero-order chi connectivity index (χ0) is 32.5. The highest BCUT2D eigenvalue weighted by Gasteiger charge is 2.17. The molecule has 0 aliphatic carbocycles. The fourth-order valence-corrected chi connectivity index (χ4v) is 6.57. The molecule has 7 aromatic rings. The van der Waals surface area contributed by atoms with Crippen LogP contribution in [0.1, 0.15) is 38.8 Å². The second-order valence-electron chi connectivity index (χ2n) is 13.0. The van der Waals surface area contributed by atoms with Gasteiger partial charge in [-0.25, -0.2) is 9.67 Å². The average Bonchev–Trinajstić information content (AvgIpc) is 3.68. The molecule has 0 saturated heterocycles. The third kappa shape index (κ3) is 6.11. The van der Waals surface area contributed by atoms with Crippen molar-refractivity contribution >= 4 is 21.8 Å². The number of hydrogen-bond donors (Lipinski definition) is 0. The van der Waals surface area contributed by atoms with E-state index in [9.17, 15) is 0 Å². The highest BCUT2D eigenvalue weighted by atomic mass is 16.5. The van der Waals surface area contributed by atoms with E-state index in [2.05, 4.69) is 104 Å². The number of para-hydroxylation sites is 1. The minimum atomic E-state index is 0.569. The van der Waals surface area contributed by atoms with Crippen LogP contribution < -0.4 is 9.47 Å². The second kappa shape index (κ2) is 12.8. The molecule has 236 valence electrons. The Labute approximate surface area is 276 Å². The van der Waals surface area contributed by atoms with Gasteiger partial charge in [0.15, 0.2) is 0 Å². The standard InChI is InChI=1S/C41H40N4O2/c1-27(2)20-29-10-8-11-30(21-28(3)4)41(29)31-25-43-44(26-31)32-12-9-13-34(22-32)47-35-16-17-37-36-14-6-7-15-38(36)45(39(37)23-35)40-24-33(46-5)18-19-42-40/h6-19,22-28H,20-21H2,1-5H3. The van der Waals surface area contributed by atoms with Crippen LogP contribution in [0.4, 0.5) is 0 Å². The maximum atomic E-state index is 6.50. The number of nitrogens with zero attached hydrogens (tertiary/aromatic N) is 4. The van der Waals surface area contributed by atoms with E-state index in [-0.39, 0.29) is 0 Å². The highest BCUT2D eigenvalue weighted by Crippen LogP contribution is 2.36. The van der Waals surface area contributed by atoms with Gasteiger partial charge in [-0.1, -0.05) is 70.2 Å². The lowest BCUT2D eigenvalue weighted by molar-refractivity contribution is 0.414. The van der Waals surface area contributed by atoms with Crippen molar-refractivity contribution in [1.29, 1.82) is 0 Å². The molecule has 0 bridgehead atoms. The van der Waals surface area contributed by atoms with Crippen molar-refractivity contribution in [2.45, 2.75) is 40.5 Å². The van der Waals surface area contributed by atoms with Gasteiger partial charge >= 0.3 is 0 Å². The number of aromatic nitrogens is 4. The lowest BCUT2D eigenvalue weighted by Gasteiger charge is -2.17. The Hall–Kier alpha value is -5.36. The second-order valence-corrected chi connectivity index (χ2v) is 13.0. The van der Waals surface area contributed by atoms with E-state index >= 15 is 0 Å². The predicted molar refractivity (Wildman–Crippen MR) is 191 cm³/mol. The number of fused-ring (bicyclic) bond motifs is 3. The van der Waals surface area contributed by atoms with Crippen LogP contribution in [-0.2, 0) is 12.8 Å². The van der Waals surface area contributed by atoms with Gasteiger partial charge in [0.2, 0.25) is 0 Å². The van der Waals surface area contributed by atoms with E-state index < -0.39 is 0 Å². The maximum Gasteiger partial charge on any atom is 0.141 e. The normalized spacial score (nSPS) is 11.6. The van der Waals surface area contributed by atoms with Gasteiger partial charge in [-0.05, 0) is 77.8 Å². The van der Waals surface area contributed by atoms with E-state index in [1.54, 1.807) is 13.3 Å². The van der Waals surface area contributed by atoms with Crippen molar-refractivity contribution in [2.24, 2.45) is 11.8 Å². The minimum Gasteiger partial charge on any atom is -0.497 e. The summed E-state index contributed by atoms with van der Waals surface area (Å²) in [6, 6.07) is 33.3. The van der Waals surface area contributed by atoms with Crippen LogP contribution >= 0.6 is 0 Å². The highest BCUT2D eigenvalue weighted by molar-refractivity contribution is 6.09. The molecule has 0 atom stereocenters. The molecule has 47 heavy (non-hydrogen) atoms. The molecule has 7 rings (SSSR count). The van der Waals surface area contributed by atoms with Crippen LogP contribution in [0.2, 0.25) is 0 Å². The molecule has 0 N–H and O–H groups in total. The monoisotopic (exact) mass is 620 g/mol. The SMILES string of the molecule is COc1ccnc(-n2c3ccccc3c3ccc(Oc4cccc(-n5cc(-c6c(CC(C)C)cccc6CC(C)C)cn5)c4)cc32)c1. The molecular formula is C41H40N4O2. The van der Waals surface area contributed by atoms with E-state index in [1.807, 2.05) is 47.3 Å². The summed E-state index contributed by atoms with van der Waals surface area (Å²) in [5.41, 5.74) is 8.25. The Balaban J connectivity index is 1.23. The third-order valence-electron chi connectivity index (χ3n) is 8.51. The summed E-state index contributed by atoms with van der Waals surface area (Å²) in [7, 11) is 1.67.